The van der Waals surface area contributed by atoms with Crippen LogP contribution in [0.4, 0.5) is 17.6 Å². The summed E-state index contributed by atoms with van der Waals surface area (Å²) in [6, 6.07) is 6.23. The van der Waals surface area contributed by atoms with Crippen molar-refractivity contribution in [2.24, 2.45) is 0 Å². The number of amides is 1. The van der Waals surface area contributed by atoms with Crippen molar-refractivity contribution in [3.8, 4) is 11.3 Å². The first kappa shape index (κ1) is 17.1. The third-order valence-corrected chi connectivity index (χ3v) is 3.97. The molecular formula is C17H13F4N3O. The van der Waals surface area contributed by atoms with Gasteiger partial charge in [-0.3, -0.25) is 4.79 Å². The molecule has 2 aromatic rings. The summed E-state index contributed by atoms with van der Waals surface area (Å²) in [6.45, 7) is 3.46. The van der Waals surface area contributed by atoms with Gasteiger partial charge in [0.1, 0.15) is 0 Å². The standard InChI is InChI=1S/C17H13F4N3O/c1-10(18)16(25)24-7-6-14-12(9-24)8-15(23-22-14)11-2-4-13(5-3-11)17(19,20)21/h2-5,8H,1,6-7,9H2. The zero-order valence-corrected chi connectivity index (χ0v) is 13.0. The molecule has 0 saturated heterocycles. The minimum Gasteiger partial charge on any atom is -0.332 e. The number of benzene rings is 1. The average molecular weight is 351 g/mol. The summed E-state index contributed by atoms with van der Waals surface area (Å²) in [7, 11) is 0. The number of hydrogen-bond acceptors (Lipinski definition) is 3. The number of carbonyl (C=O) groups excluding carboxylic acids is 1. The Kier molecular flexibility index (Phi) is 4.28. The summed E-state index contributed by atoms with van der Waals surface area (Å²) >= 11 is 0. The van der Waals surface area contributed by atoms with Crippen LogP contribution in [0.1, 0.15) is 16.8 Å². The Morgan fingerprint density at radius 1 is 1.16 bits per heavy atom. The molecule has 4 nitrogen and oxygen atoms in total. The van der Waals surface area contributed by atoms with Gasteiger partial charge in [0, 0.05) is 25.1 Å². The highest BCUT2D eigenvalue weighted by molar-refractivity contribution is 5.90. The molecule has 8 heteroatoms. The van der Waals surface area contributed by atoms with E-state index in [4.69, 9.17) is 0 Å². The molecule has 0 saturated carbocycles. The maximum absolute atomic E-state index is 13.0. The molecule has 1 amide bonds. The van der Waals surface area contributed by atoms with Crippen molar-refractivity contribution in [3.05, 3.63) is 59.6 Å². The molecule has 130 valence electrons. The average Bonchev–Trinajstić information content (AvgIpc) is 2.59. The summed E-state index contributed by atoms with van der Waals surface area (Å²) in [5.41, 5.74) is 1.48. The molecule has 25 heavy (non-hydrogen) atoms. The van der Waals surface area contributed by atoms with Crippen LogP contribution in [-0.4, -0.2) is 27.5 Å². The molecule has 1 aromatic carbocycles. The van der Waals surface area contributed by atoms with Crippen LogP contribution in [-0.2, 0) is 23.9 Å². The number of rotatable bonds is 2. The van der Waals surface area contributed by atoms with E-state index in [9.17, 15) is 22.4 Å². The van der Waals surface area contributed by atoms with Crippen LogP contribution in [0.5, 0.6) is 0 Å². The SMILES string of the molecule is C=C(F)C(=O)N1CCc2nnc(-c3ccc(C(F)(F)F)cc3)cc2C1. The smallest absolute Gasteiger partial charge is 0.332 e. The Hall–Kier alpha value is -2.77. The minimum absolute atomic E-state index is 0.153. The number of carbonyl (C=O) groups is 1. The van der Waals surface area contributed by atoms with Crippen LogP contribution in [0.2, 0.25) is 0 Å². The fraction of sp³-hybridized carbons (Fsp3) is 0.235. The zero-order valence-electron chi connectivity index (χ0n) is 13.0. The Morgan fingerprint density at radius 3 is 2.44 bits per heavy atom. The van der Waals surface area contributed by atoms with E-state index in [1.807, 2.05) is 0 Å². The van der Waals surface area contributed by atoms with E-state index in [-0.39, 0.29) is 6.54 Å². The molecule has 3 rings (SSSR count). The quantitative estimate of drug-likeness (QED) is 0.614. The molecule has 0 bridgehead atoms. The molecule has 0 aliphatic carbocycles. The molecule has 2 heterocycles. The van der Waals surface area contributed by atoms with Gasteiger partial charge in [0.15, 0.2) is 5.83 Å². The van der Waals surface area contributed by atoms with E-state index in [0.717, 1.165) is 12.1 Å². The molecule has 0 spiro atoms. The molecule has 0 radical (unpaired) electrons. The van der Waals surface area contributed by atoms with E-state index in [2.05, 4.69) is 16.8 Å². The molecule has 1 aliphatic heterocycles. The second-order valence-electron chi connectivity index (χ2n) is 5.66. The van der Waals surface area contributed by atoms with Crippen LogP contribution in [0, 0.1) is 0 Å². The van der Waals surface area contributed by atoms with Crippen molar-refractivity contribution >= 4 is 5.91 Å². The number of hydrogen-bond donors (Lipinski definition) is 0. The lowest BCUT2D eigenvalue weighted by atomic mass is 10.0. The first-order valence-electron chi connectivity index (χ1n) is 7.42. The molecule has 0 atom stereocenters. The lowest BCUT2D eigenvalue weighted by Crippen LogP contribution is -2.36. The van der Waals surface area contributed by atoms with Crippen LogP contribution in [0.25, 0.3) is 11.3 Å². The molecule has 1 aromatic heterocycles. The fourth-order valence-electron chi connectivity index (χ4n) is 2.64. The maximum atomic E-state index is 13.0. The molecule has 0 fully saturated rings. The fourth-order valence-corrected chi connectivity index (χ4v) is 2.64. The highest BCUT2D eigenvalue weighted by atomic mass is 19.4. The van der Waals surface area contributed by atoms with Gasteiger partial charge in [0.25, 0.3) is 5.91 Å². The van der Waals surface area contributed by atoms with Gasteiger partial charge in [-0.1, -0.05) is 18.7 Å². The lowest BCUT2D eigenvalue weighted by Gasteiger charge is -2.27. The zero-order chi connectivity index (χ0) is 18.2. The van der Waals surface area contributed by atoms with E-state index in [0.29, 0.717) is 35.5 Å². The Bertz CT molecular complexity index is 831. The Balaban J connectivity index is 1.87. The molecular weight excluding hydrogens is 338 g/mol. The second-order valence-corrected chi connectivity index (χ2v) is 5.66. The third-order valence-electron chi connectivity index (χ3n) is 3.97. The summed E-state index contributed by atoms with van der Waals surface area (Å²) in [5, 5.41) is 8.11. The van der Waals surface area contributed by atoms with Gasteiger partial charge < -0.3 is 4.90 Å². The highest BCUT2D eigenvalue weighted by Gasteiger charge is 2.30. The van der Waals surface area contributed by atoms with Crippen LogP contribution < -0.4 is 0 Å². The lowest BCUT2D eigenvalue weighted by molar-refractivity contribution is -0.137. The Morgan fingerprint density at radius 2 is 1.84 bits per heavy atom. The van der Waals surface area contributed by atoms with Gasteiger partial charge in [0.2, 0.25) is 0 Å². The molecule has 0 N–H and O–H groups in total. The van der Waals surface area contributed by atoms with Crippen LogP contribution in [0.3, 0.4) is 0 Å². The first-order valence-corrected chi connectivity index (χ1v) is 7.42. The predicted molar refractivity (Wildman–Crippen MR) is 81.8 cm³/mol. The van der Waals surface area contributed by atoms with Crippen molar-refractivity contribution in [1.29, 1.82) is 0 Å². The maximum Gasteiger partial charge on any atom is 0.416 e. The van der Waals surface area contributed by atoms with E-state index in [1.54, 1.807) is 6.07 Å². The number of fused-ring (bicyclic) bond motifs is 1. The molecule has 0 unspecified atom stereocenters. The monoisotopic (exact) mass is 351 g/mol. The van der Waals surface area contributed by atoms with Gasteiger partial charge in [-0.05, 0) is 23.8 Å². The van der Waals surface area contributed by atoms with Crippen molar-refractivity contribution in [1.82, 2.24) is 15.1 Å². The minimum atomic E-state index is -4.41. The van der Waals surface area contributed by atoms with Crippen LogP contribution in [0.15, 0.2) is 42.7 Å². The number of nitrogens with zero attached hydrogens (tertiary/aromatic N) is 3. The molecule has 1 aliphatic rings. The van der Waals surface area contributed by atoms with E-state index in [1.165, 1.54) is 17.0 Å². The van der Waals surface area contributed by atoms with Gasteiger partial charge >= 0.3 is 6.18 Å². The first-order chi connectivity index (χ1) is 11.8. The predicted octanol–water partition coefficient (Wildman–Crippen LogP) is 3.53. The van der Waals surface area contributed by atoms with Gasteiger partial charge in [-0.15, -0.1) is 0 Å². The van der Waals surface area contributed by atoms with Crippen LogP contribution >= 0.6 is 0 Å². The largest absolute Gasteiger partial charge is 0.416 e. The normalized spacial score (nSPS) is 14.2. The van der Waals surface area contributed by atoms with Crippen molar-refractivity contribution < 1.29 is 22.4 Å². The van der Waals surface area contributed by atoms with Gasteiger partial charge in [-0.25, -0.2) is 4.39 Å². The van der Waals surface area contributed by atoms with Crippen molar-refractivity contribution in [2.75, 3.05) is 6.54 Å². The van der Waals surface area contributed by atoms with Crippen molar-refractivity contribution in [2.45, 2.75) is 19.1 Å². The number of halogens is 4. The summed E-state index contributed by atoms with van der Waals surface area (Å²) in [4.78, 5) is 13.0. The van der Waals surface area contributed by atoms with Gasteiger partial charge in [-0.2, -0.15) is 23.4 Å². The summed E-state index contributed by atoms with van der Waals surface area (Å²) in [5.74, 6) is -1.81. The summed E-state index contributed by atoms with van der Waals surface area (Å²) < 4.78 is 50.9. The van der Waals surface area contributed by atoms with Crippen molar-refractivity contribution in [3.63, 3.8) is 0 Å². The highest BCUT2D eigenvalue weighted by Crippen LogP contribution is 2.31. The topological polar surface area (TPSA) is 46.1 Å². The number of alkyl halides is 3. The van der Waals surface area contributed by atoms with Gasteiger partial charge in [0.05, 0.1) is 17.0 Å². The Labute approximate surface area is 140 Å². The number of aromatic nitrogens is 2. The second kappa shape index (κ2) is 6.27. The van der Waals surface area contributed by atoms with E-state index >= 15 is 0 Å². The third kappa shape index (κ3) is 3.52. The summed E-state index contributed by atoms with van der Waals surface area (Å²) in [6.07, 6.45) is -3.98. The van der Waals surface area contributed by atoms with E-state index < -0.39 is 23.5 Å².